The van der Waals surface area contributed by atoms with Gasteiger partial charge in [0.2, 0.25) is 0 Å². The van der Waals surface area contributed by atoms with Crippen molar-refractivity contribution in [1.82, 2.24) is 14.5 Å². The van der Waals surface area contributed by atoms with Gasteiger partial charge in [0, 0.05) is 29.9 Å². The second-order valence-electron chi connectivity index (χ2n) is 9.08. The quantitative estimate of drug-likeness (QED) is 0.367. The molecule has 8 heteroatoms. The fourth-order valence-corrected chi connectivity index (χ4v) is 5.13. The molecule has 0 bridgehead atoms. The van der Waals surface area contributed by atoms with Crippen LogP contribution in [-0.4, -0.2) is 27.6 Å². The third-order valence-corrected chi connectivity index (χ3v) is 6.92. The van der Waals surface area contributed by atoms with Crippen molar-refractivity contribution in [3.05, 3.63) is 94.5 Å². The molecule has 0 unspecified atom stereocenters. The SMILES string of the molecule is N#Cc1ccc(N2CCC[C@@H](n3cnc4ccc(F)cc4c3=O)C2)c2cc(-c3ccc(F)cc3)[nH]c12. The second-order valence-corrected chi connectivity index (χ2v) is 9.08. The summed E-state index contributed by atoms with van der Waals surface area (Å²) >= 11 is 0. The van der Waals surface area contributed by atoms with Crippen molar-refractivity contribution in [3.8, 4) is 17.3 Å². The van der Waals surface area contributed by atoms with Crippen LogP contribution >= 0.6 is 0 Å². The predicted molar refractivity (Wildman–Crippen MR) is 135 cm³/mol. The monoisotopic (exact) mass is 481 g/mol. The molecule has 1 N–H and O–H groups in total. The van der Waals surface area contributed by atoms with Crippen molar-refractivity contribution in [3.63, 3.8) is 0 Å². The van der Waals surface area contributed by atoms with Gasteiger partial charge in [-0.3, -0.25) is 9.36 Å². The number of piperidine rings is 1. The average molecular weight is 482 g/mol. The molecule has 6 rings (SSSR count). The van der Waals surface area contributed by atoms with Crippen LogP contribution in [0.5, 0.6) is 0 Å². The van der Waals surface area contributed by atoms with Crippen molar-refractivity contribution in [2.45, 2.75) is 18.9 Å². The molecule has 2 aromatic heterocycles. The molecule has 178 valence electrons. The Morgan fingerprint density at radius 2 is 1.81 bits per heavy atom. The predicted octanol–water partition coefficient (Wildman–Crippen LogP) is 5.54. The Hall–Kier alpha value is -4.51. The fourth-order valence-electron chi connectivity index (χ4n) is 5.13. The number of halogens is 2. The van der Waals surface area contributed by atoms with E-state index < -0.39 is 5.82 Å². The minimum absolute atomic E-state index is 0.132. The van der Waals surface area contributed by atoms with Crippen molar-refractivity contribution in [2.75, 3.05) is 18.0 Å². The van der Waals surface area contributed by atoms with E-state index >= 15 is 0 Å². The maximum atomic E-state index is 13.8. The van der Waals surface area contributed by atoms with Crippen LogP contribution in [0.15, 0.2) is 71.8 Å². The summed E-state index contributed by atoms with van der Waals surface area (Å²) in [5.41, 5.74) is 4.02. The van der Waals surface area contributed by atoms with Crippen LogP contribution in [0.25, 0.3) is 33.1 Å². The summed E-state index contributed by atoms with van der Waals surface area (Å²) in [7, 11) is 0. The van der Waals surface area contributed by atoms with Crippen LogP contribution in [0.2, 0.25) is 0 Å². The zero-order valence-corrected chi connectivity index (χ0v) is 19.2. The number of aromatic amines is 1. The van der Waals surface area contributed by atoms with Crippen LogP contribution in [0.4, 0.5) is 14.5 Å². The van der Waals surface area contributed by atoms with E-state index in [1.165, 1.54) is 30.3 Å². The lowest BCUT2D eigenvalue weighted by molar-refractivity contribution is 0.395. The molecule has 5 aromatic rings. The molecule has 1 atom stereocenters. The van der Waals surface area contributed by atoms with Gasteiger partial charge in [0.25, 0.3) is 5.56 Å². The number of fused-ring (bicyclic) bond motifs is 2. The third kappa shape index (κ3) is 3.69. The van der Waals surface area contributed by atoms with Gasteiger partial charge in [-0.25, -0.2) is 13.8 Å². The highest BCUT2D eigenvalue weighted by Gasteiger charge is 2.25. The van der Waals surface area contributed by atoms with Crippen LogP contribution < -0.4 is 10.5 Å². The lowest BCUT2D eigenvalue weighted by Gasteiger charge is -2.35. The first-order valence-electron chi connectivity index (χ1n) is 11.7. The van der Waals surface area contributed by atoms with E-state index in [1.54, 1.807) is 29.1 Å². The van der Waals surface area contributed by atoms with E-state index in [4.69, 9.17) is 0 Å². The van der Waals surface area contributed by atoms with Gasteiger partial charge in [0.1, 0.15) is 17.7 Å². The number of H-pyrrole nitrogens is 1. The minimum Gasteiger partial charge on any atom is -0.369 e. The minimum atomic E-state index is -0.464. The van der Waals surface area contributed by atoms with Crippen LogP contribution in [0.1, 0.15) is 24.4 Å². The van der Waals surface area contributed by atoms with Gasteiger partial charge in [-0.2, -0.15) is 5.26 Å². The molecule has 1 fully saturated rings. The topological polar surface area (TPSA) is 77.7 Å². The van der Waals surface area contributed by atoms with Gasteiger partial charge in [-0.15, -0.1) is 0 Å². The number of benzene rings is 3. The second kappa shape index (κ2) is 8.61. The van der Waals surface area contributed by atoms with Crippen molar-refractivity contribution >= 4 is 27.5 Å². The Morgan fingerprint density at radius 3 is 2.61 bits per heavy atom. The molecule has 0 spiro atoms. The Kier molecular flexibility index (Phi) is 5.26. The maximum Gasteiger partial charge on any atom is 0.261 e. The van der Waals surface area contributed by atoms with Gasteiger partial charge in [0.05, 0.1) is 34.4 Å². The molecule has 0 saturated carbocycles. The normalized spacial score (nSPS) is 15.9. The molecule has 1 aliphatic heterocycles. The van der Waals surface area contributed by atoms with Gasteiger partial charge < -0.3 is 9.88 Å². The van der Waals surface area contributed by atoms with E-state index in [9.17, 15) is 18.8 Å². The Balaban J connectivity index is 1.40. The van der Waals surface area contributed by atoms with E-state index in [1.807, 2.05) is 12.1 Å². The molecule has 6 nitrogen and oxygen atoms in total. The summed E-state index contributed by atoms with van der Waals surface area (Å²) in [6, 6.07) is 18.1. The van der Waals surface area contributed by atoms with Crippen molar-refractivity contribution in [1.29, 1.82) is 5.26 Å². The molecule has 36 heavy (non-hydrogen) atoms. The summed E-state index contributed by atoms with van der Waals surface area (Å²) in [5.74, 6) is -0.775. The highest BCUT2D eigenvalue weighted by molar-refractivity contribution is 5.99. The number of nitriles is 1. The summed E-state index contributed by atoms with van der Waals surface area (Å²) in [6.07, 6.45) is 3.20. The lowest BCUT2D eigenvalue weighted by atomic mass is 10.0. The molecular weight excluding hydrogens is 460 g/mol. The largest absolute Gasteiger partial charge is 0.369 e. The van der Waals surface area contributed by atoms with Gasteiger partial charge in [0.15, 0.2) is 0 Å². The maximum absolute atomic E-state index is 13.8. The van der Waals surface area contributed by atoms with Crippen LogP contribution in [-0.2, 0) is 0 Å². The van der Waals surface area contributed by atoms with Gasteiger partial charge in [-0.1, -0.05) is 0 Å². The van der Waals surface area contributed by atoms with Crippen LogP contribution in [0, 0.1) is 23.0 Å². The summed E-state index contributed by atoms with van der Waals surface area (Å²) in [4.78, 5) is 23.1. The number of anilines is 1. The van der Waals surface area contributed by atoms with Crippen molar-refractivity contribution in [2.24, 2.45) is 0 Å². The summed E-state index contributed by atoms with van der Waals surface area (Å²) in [5, 5.41) is 10.8. The molecule has 0 radical (unpaired) electrons. The highest BCUT2D eigenvalue weighted by atomic mass is 19.1. The number of nitrogens with one attached hydrogen (secondary N) is 1. The van der Waals surface area contributed by atoms with E-state index in [-0.39, 0.29) is 22.8 Å². The third-order valence-electron chi connectivity index (χ3n) is 6.92. The molecule has 0 amide bonds. The Labute approximate surface area is 205 Å². The lowest BCUT2D eigenvalue weighted by Crippen LogP contribution is -2.40. The van der Waals surface area contributed by atoms with Gasteiger partial charge in [-0.05, 0) is 79.1 Å². The average Bonchev–Trinajstić information content (AvgIpc) is 3.35. The number of aromatic nitrogens is 3. The first kappa shape index (κ1) is 22.0. The fraction of sp³-hybridized carbons (Fsp3) is 0.179. The molecule has 0 aliphatic carbocycles. The molecule has 3 aromatic carbocycles. The number of hydrogen-bond donors (Lipinski definition) is 1. The number of nitrogens with zero attached hydrogens (tertiary/aromatic N) is 4. The standard InChI is InChI=1S/C28H21F2N5O/c29-19-6-3-17(4-7-19)25-13-23-26(10-5-18(14-31)27(23)33-25)34-11-1-2-21(15-34)35-16-32-24-9-8-20(30)12-22(24)28(35)36/h3-10,12-13,16,21,33H,1-2,11,15H2/t21-/m1/s1. The molecule has 1 aliphatic rings. The number of rotatable bonds is 3. The van der Waals surface area contributed by atoms with Crippen LogP contribution in [0.3, 0.4) is 0 Å². The molecule has 3 heterocycles. The summed E-state index contributed by atoms with van der Waals surface area (Å²) in [6.45, 7) is 1.36. The smallest absolute Gasteiger partial charge is 0.261 e. The molecule has 1 saturated heterocycles. The highest BCUT2D eigenvalue weighted by Crippen LogP contribution is 2.36. The van der Waals surface area contributed by atoms with E-state index in [0.29, 0.717) is 17.6 Å². The summed E-state index contributed by atoms with van der Waals surface area (Å²) < 4.78 is 28.8. The molecular formula is C28H21F2N5O. The Bertz CT molecular complexity index is 1720. The first-order chi connectivity index (χ1) is 17.5. The van der Waals surface area contributed by atoms with E-state index in [2.05, 4.69) is 20.9 Å². The van der Waals surface area contributed by atoms with Gasteiger partial charge >= 0.3 is 0 Å². The van der Waals surface area contributed by atoms with Crippen molar-refractivity contribution < 1.29 is 8.78 Å². The van der Waals surface area contributed by atoms with E-state index in [0.717, 1.165) is 47.2 Å². The first-order valence-corrected chi connectivity index (χ1v) is 11.7. The zero-order valence-electron chi connectivity index (χ0n) is 19.2. The number of hydrogen-bond acceptors (Lipinski definition) is 4. The Morgan fingerprint density at radius 1 is 1.00 bits per heavy atom. The zero-order chi connectivity index (χ0) is 24.8.